The summed E-state index contributed by atoms with van der Waals surface area (Å²) in [6, 6.07) is 4.15. The third-order valence-corrected chi connectivity index (χ3v) is 4.78. The zero-order valence-corrected chi connectivity index (χ0v) is 11.7. The van der Waals surface area contributed by atoms with Gasteiger partial charge in [-0.1, -0.05) is 11.6 Å². The molecule has 1 aliphatic rings. The van der Waals surface area contributed by atoms with Gasteiger partial charge in [0, 0.05) is 6.54 Å². The van der Waals surface area contributed by atoms with Gasteiger partial charge in [0.05, 0.1) is 14.4 Å². The van der Waals surface area contributed by atoms with Gasteiger partial charge in [0.2, 0.25) is 0 Å². The lowest BCUT2D eigenvalue weighted by atomic mass is 10.1. The minimum Gasteiger partial charge on any atom is -0.326 e. The molecule has 3 rings (SSSR count). The molecule has 0 unspecified atom stereocenters. The minimum absolute atomic E-state index is 0.680. The van der Waals surface area contributed by atoms with Crippen LogP contribution in [0.15, 0.2) is 15.9 Å². The highest BCUT2D eigenvalue weighted by Crippen LogP contribution is 2.35. The van der Waals surface area contributed by atoms with E-state index in [9.17, 15) is 0 Å². The number of nitrogens with zero attached hydrogens (tertiary/aromatic N) is 2. The summed E-state index contributed by atoms with van der Waals surface area (Å²) >= 11 is 11.4. The lowest BCUT2D eigenvalue weighted by Crippen LogP contribution is -2.10. The standard InChI is InChI=1S/C11H10BrClN2S/c12-9-5-4-8(16-9)11-14-10(13)7-3-1-2-6-15(7)11/h4-5H,1-3,6H2. The molecule has 0 saturated heterocycles. The minimum atomic E-state index is 0.680. The normalized spacial score (nSPS) is 15.1. The van der Waals surface area contributed by atoms with Gasteiger partial charge < -0.3 is 4.57 Å². The van der Waals surface area contributed by atoms with Gasteiger partial charge in [-0.05, 0) is 47.3 Å². The van der Waals surface area contributed by atoms with E-state index in [0.29, 0.717) is 5.15 Å². The number of halogens is 2. The number of hydrogen-bond donors (Lipinski definition) is 0. The maximum absolute atomic E-state index is 6.18. The third kappa shape index (κ3) is 1.73. The van der Waals surface area contributed by atoms with Gasteiger partial charge >= 0.3 is 0 Å². The van der Waals surface area contributed by atoms with Gasteiger partial charge in [-0.25, -0.2) is 4.98 Å². The first-order chi connectivity index (χ1) is 7.75. The van der Waals surface area contributed by atoms with Crippen molar-refractivity contribution in [3.63, 3.8) is 0 Å². The summed E-state index contributed by atoms with van der Waals surface area (Å²) in [4.78, 5) is 5.68. The van der Waals surface area contributed by atoms with Crippen LogP contribution < -0.4 is 0 Å². The van der Waals surface area contributed by atoms with E-state index in [1.165, 1.54) is 23.4 Å². The van der Waals surface area contributed by atoms with Crippen LogP contribution in [0.2, 0.25) is 5.15 Å². The maximum Gasteiger partial charge on any atom is 0.152 e. The maximum atomic E-state index is 6.18. The van der Waals surface area contributed by atoms with Gasteiger partial charge in [0.1, 0.15) is 0 Å². The third-order valence-electron chi connectivity index (χ3n) is 2.86. The fourth-order valence-electron chi connectivity index (χ4n) is 2.12. The van der Waals surface area contributed by atoms with Crippen molar-refractivity contribution >= 4 is 38.9 Å². The molecule has 0 aromatic carbocycles. The smallest absolute Gasteiger partial charge is 0.152 e. The van der Waals surface area contributed by atoms with Crippen LogP contribution in [0.1, 0.15) is 18.5 Å². The molecule has 1 aliphatic heterocycles. The van der Waals surface area contributed by atoms with Gasteiger partial charge in [-0.15, -0.1) is 11.3 Å². The highest BCUT2D eigenvalue weighted by atomic mass is 79.9. The number of thiophene rings is 1. The summed E-state index contributed by atoms with van der Waals surface area (Å²) in [6.45, 7) is 1.04. The number of rotatable bonds is 1. The van der Waals surface area contributed by atoms with Crippen LogP contribution in [0.5, 0.6) is 0 Å². The SMILES string of the molecule is Clc1nc(-c2ccc(Br)s2)n2c1CCCC2. The molecule has 0 saturated carbocycles. The van der Waals surface area contributed by atoms with Crippen LogP contribution in [-0.4, -0.2) is 9.55 Å². The van der Waals surface area contributed by atoms with Gasteiger partial charge in [-0.2, -0.15) is 0 Å². The van der Waals surface area contributed by atoms with E-state index < -0.39 is 0 Å². The first-order valence-corrected chi connectivity index (χ1v) is 7.25. The van der Waals surface area contributed by atoms with Crippen LogP contribution in [0, 0.1) is 0 Å². The van der Waals surface area contributed by atoms with Crippen molar-refractivity contribution in [2.24, 2.45) is 0 Å². The summed E-state index contributed by atoms with van der Waals surface area (Å²) in [6.07, 6.45) is 3.50. The summed E-state index contributed by atoms with van der Waals surface area (Å²) in [5.74, 6) is 1.02. The molecular formula is C11H10BrClN2S. The van der Waals surface area contributed by atoms with Crippen LogP contribution >= 0.6 is 38.9 Å². The second-order valence-electron chi connectivity index (χ2n) is 3.89. The lowest BCUT2D eigenvalue weighted by Gasteiger charge is -2.15. The Hall–Kier alpha value is -0.320. The number of aromatic nitrogens is 2. The second-order valence-corrected chi connectivity index (χ2v) is 6.71. The predicted molar refractivity (Wildman–Crippen MR) is 71.2 cm³/mol. The van der Waals surface area contributed by atoms with Crippen molar-refractivity contribution in [2.45, 2.75) is 25.8 Å². The molecule has 2 aromatic heterocycles. The van der Waals surface area contributed by atoms with Crippen molar-refractivity contribution in [1.29, 1.82) is 0 Å². The van der Waals surface area contributed by atoms with Crippen molar-refractivity contribution in [1.82, 2.24) is 9.55 Å². The molecule has 0 atom stereocenters. The van der Waals surface area contributed by atoms with Crippen molar-refractivity contribution in [2.75, 3.05) is 0 Å². The van der Waals surface area contributed by atoms with E-state index in [0.717, 1.165) is 22.6 Å². The molecule has 16 heavy (non-hydrogen) atoms. The van der Waals surface area contributed by atoms with E-state index in [4.69, 9.17) is 11.6 Å². The van der Waals surface area contributed by atoms with E-state index in [1.807, 2.05) is 0 Å². The summed E-state index contributed by atoms with van der Waals surface area (Å²) < 4.78 is 3.40. The molecule has 3 heterocycles. The van der Waals surface area contributed by atoms with E-state index >= 15 is 0 Å². The Morgan fingerprint density at radius 2 is 2.25 bits per heavy atom. The number of imidazole rings is 1. The Morgan fingerprint density at radius 3 is 3.00 bits per heavy atom. The zero-order valence-electron chi connectivity index (χ0n) is 8.54. The highest BCUT2D eigenvalue weighted by Gasteiger charge is 2.20. The molecule has 0 amide bonds. The van der Waals surface area contributed by atoms with Crippen molar-refractivity contribution < 1.29 is 0 Å². The Kier molecular flexibility index (Phi) is 2.81. The summed E-state index contributed by atoms with van der Waals surface area (Å²) in [7, 11) is 0. The summed E-state index contributed by atoms with van der Waals surface area (Å²) in [5, 5.41) is 0.680. The van der Waals surface area contributed by atoms with Gasteiger partial charge in [-0.3, -0.25) is 0 Å². The Balaban J connectivity index is 2.14. The molecule has 2 nitrogen and oxygen atoms in total. The van der Waals surface area contributed by atoms with Gasteiger partial charge in [0.15, 0.2) is 11.0 Å². The molecule has 84 valence electrons. The molecule has 0 bridgehead atoms. The van der Waals surface area contributed by atoms with Crippen molar-refractivity contribution in [3.8, 4) is 10.7 Å². The molecule has 0 aliphatic carbocycles. The molecule has 5 heteroatoms. The second kappa shape index (κ2) is 4.17. The monoisotopic (exact) mass is 316 g/mol. The van der Waals surface area contributed by atoms with E-state index in [-0.39, 0.29) is 0 Å². The van der Waals surface area contributed by atoms with Gasteiger partial charge in [0.25, 0.3) is 0 Å². The average molecular weight is 318 g/mol. The van der Waals surface area contributed by atoms with Crippen molar-refractivity contribution in [3.05, 3.63) is 26.8 Å². The Bertz CT molecular complexity index is 532. The molecule has 0 fully saturated rings. The van der Waals surface area contributed by atoms with E-state index in [2.05, 4.69) is 37.6 Å². The van der Waals surface area contributed by atoms with Crippen LogP contribution in [0.25, 0.3) is 10.7 Å². The zero-order chi connectivity index (χ0) is 11.1. The largest absolute Gasteiger partial charge is 0.326 e. The lowest BCUT2D eigenvalue weighted by molar-refractivity contribution is 0.537. The van der Waals surface area contributed by atoms with Crippen LogP contribution in [-0.2, 0) is 13.0 Å². The quantitative estimate of drug-likeness (QED) is 0.764. The highest BCUT2D eigenvalue weighted by molar-refractivity contribution is 9.11. The molecule has 0 spiro atoms. The Labute approximate surface area is 111 Å². The van der Waals surface area contributed by atoms with Crippen LogP contribution in [0.4, 0.5) is 0 Å². The Morgan fingerprint density at radius 1 is 1.38 bits per heavy atom. The fourth-order valence-corrected chi connectivity index (χ4v) is 3.78. The molecule has 0 N–H and O–H groups in total. The van der Waals surface area contributed by atoms with Crippen LogP contribution in [0.3, 0.4) is 0 Å². The number of fused-ring (bicyclic) bond motifs is 1. The molecule has 0 radical (unpaired) electrons. The van der Waals surface area contributed by atoms with E-state index in [1.54, 1.807) is 11.3 Å². The average Bonchev–Trinajstić information content (AvgIpc) is 2.84. The molecule has 2 aromatic rings. The summed E-state index contributed by atoms with van der Waals surface area (Å²) in [5.41, 5.74) is 1.20. The number of hydrogen-bond acceptors (Lipinski definition) is 2. The fraction of sp³-hybridized carbons (Fsp3) is 0.364. The molecular weight excluding hydrogens is 308 g/mol. The first-order valence-electron chi connectivity index (χ1n) is 5.26. The predicted octanol–water partition coefficient (Wildman–Crippen LogP) is 4.36. The first kappa shape index (κ1) is 10.8. The topological polar surface area (TPSA) is 17.8 Å².